The molecule has 0 saturated carbocycles. The fraction of sp³-hybridized carbons (Fsp3) is 0. The maximum Gasteiger partial charge on any atom is 0.336 e. The molecule has 0 aliphatic rings. The zero-order chi connectivity index (χ0) is 13.7. The molecule has 0 saturated heterocycles. The van der Waals surface area contributed by atoms with Crippen LogP contribution in [0.5, 0.6) is 5.75 Å². The molecule has 96 valence electrons. The lowest BCUT2D eigenvalue weighted by atomic mass is 10.3. The number of benzene rings is 1. The first-order chi connectivity index (χ1) is 9.16. The van der Waals surface area contributed by atoms with E-state index in [1.807, 2.05) is 0 Å². The first-order valence-corrected chi connectivity index (χ1v) is 5.33. The van der Waals surface area contributed by atoms with Crippen molar-refractivity contribution < 1.29 is 18.9 Å². The lowest BCUT2D eigenvalue weighted by Crippen LogP contribution is -2.05. The highest BCUT2D eigenvalue weighted by Crippen LogP contribution is 2.25. The summed E-state index contributed by atoms with van der Waals surface area (Å²) in [6.07, 6.45) is 4.01. The van der Waals surface area contributed by atoms with Gasteiger partial charge in [-0.15, -0.1) is 0 Å². The van der Waals surface area contributed by atoms with E-state index in [-0.39, 0.29) is 11.4 Å². The largest absolute Gasteiger partial charge is 0.465 e. The molecular weight excluding hydrogens is 250 g/mol. The van der Waals surface area contributed by atoms with Crippen molar-refractivity contribution in [3.63, 3.8) is 0 Å². The van der Waals surface area contributed by atoms with Crippen LogP contribution < -0.4 is 4.74 Å². The molecule has 0 atom stereocenters. The molecule has 0 fully saturated rings. The summed E-state index contributed by atoms with van der Waals surface area (Å²) >= 11 is 0. The second-order valence-corrected chi connectivity index (χ2v) is 3.49. The number of para-hydroxylation sites is 2. The van der Waals surface area contributed by atoms with E-state index < -0.39 is 10.9 Å². The summed E-state index contributed by atoms with van der Waals surface area (Å²) < 4.78 is 9.89. The highest BCUT2D eigenvalue weighted by molar-refractivity contribution is 5.88. The maximum atomic E-state index is 11.5. The standard InChI is InChI=1S/C13H9NO5/c15-13(8-7-10-4-3-9-18-10)19-12-6-2-1-5-11(12)14(16)17/h1-9H. The predicted octanol–water partition coefficient (Wildman–Crippen LogP) is 2.81. The third-order valence-corrected chi connectivity index (χ3v) is 2.20. The number of carbonyl (C=O) groups is 1. The summed E-state index contributed by atoms with van der Waals surface area (Å²) in [7, 11) is 0. The molecule has 0 amide bonds. The summed E-state index contributed by atoms with van der Waals surface area (Å²) in [5, 5.41) is 10.7. The second kappa shape index (κ2) is 5.63. The summed E-state index contributed by atoms with van der Waals surface area (Å²) in [5.41, 5.74) is -0.262. The van der Waals surface area contributed by atoms with Crippen LogP contribution in [0.1, 0.15) is 5.76 Å². The third-order valence-electron chi connectivity index (χ3n) is 2.20. The van der Waals surface area contributed by atoms with Crippen LogP contribution in [0.3, 0.4) is 0 Å². The van der Waals surface area contributed by atoms with Gasteiger partial charge in [0.2, 0.25) is 5.75 Å². The molecule has 1 aromatic heterocycles. The van der Waals surface area contributed by atoms with Gasteiger partial charge < -0.3 is 9.15 Å². The zero-order valence-corrected chi connectivity index (χ0v) is 9.68. The minimum atomic E-state index is -0.717. The molecule has 0 aliphatic carbocycles. The molecule has 0 radical (unpaired) electrons. The van der Waals surface area contributed by atoms with Crippen LogP contribution >= 0.6 is 0 Å². The van der Waals surface area contributed by atoms with Gasteiger partial charge in [-0.3, -0.25) is 10.1 Å². The summed E-state index contributed by atoms with van der Waals surface area (Å²) in [6.45, 7) is 0. The van der Waals surface area contributed by atoms with Crippen LogP contribution in [0.15, 0.2) is 53.2 Å². The van der Waals surface area contributed by atoms with E-state index in [1.165, 1.54) is 30.5 Å². The van der Waals surface area contributed by atoms with E-state index >= 15 is 0 Å². The summed E-state index contributed by atoms with van der Waals surface area (Å²) in [5.74, 6) is -0.327. The van der Waals surface area contributed by atoms with Gasteiger partial charge in [-0.25, -0.2) is 4.79 Å². The molecule has 1 heterocycles. The first kappa shape index (κ1) is 12.6. The Morgan fingerprint density at radius 1 is 1.26 bits per heavy atom. The van der Waals surface area contributed by atoms with Crippen LogP contribution in [0.4, 0.5) is 5.69 Å². The number of furan rings is 1. The van der Waals surface area contributed by atoms with Gasteiger partial charge in [-0.2, -0.15) is 0 Å². The van der Waals surface area contributed by atoms with E-state index in [0.29, 0.717) is 5.76 Å². The number of ether oxygens (including phenoxy) is 1. The van der Waals surface area contributed by atoms with Gasteiger partial charge in [0, 0.05) is 12.1 Å². The number of rotatable bonds is 4. The Morgan fingerprint density at radius 2 is 2.05 bits per heavy atom. The number of hydrogen-bond donors (Lipinski definition) is 0. The molecular formula is C13H9NO5. The highest BCUT2D eigenvalue weighted by atomic mass is 16.6. The second-order valence-electron chi connectivity index (χ2n) is 3.49. The molecule has 6 nitrogen and oxygen atoms in total. The van der Waals surface area contributed by atoms with Crippen molar-refractivity contribution in [3.05, 3.63) is 64.6 Å². The van der Waals surface area contributed by atoms with Crippen molar-refractivity contribution >= 4 is 17.7 Å². The number of hydrogen-bond acceptors (Lipinski definition) is 5. The minimum Gasteiger partial charge on any atom is -0.465 e. The Morgan fingerprint density at radius 3 is 2.74 bits per heavy atom. The van der Waals surface area contributed by atoms with Gasteiger partial charge in [-0.05, 0) is 24.3 Å². The Bertz CT molecular complexity index is 616. The molecule has 0 spiro atoms. The van der Waals surface area contributed by atoms with Crippen molar-refractivity contribution in [1.29, 1.82) is 0 Å². The number of esters is 1. The lowest BCUT2D eigenvalue weighted by Gasteiger charge is -2.01. The van der Waals surface area contributed by atoms with Crippen molar-refractivity contribution in [3.8, 4) is 5.75 Å². The monoisotopic (exact) mass is 259 g/mol. The molecule has 2 rings (SSSR count). The minimum absolute atomic E-state index is 0.0957. The SMILES string of the molecule is O=C(C=Cc1ccco1)Oc1ccccc1[N+](=O)[O-]. The molecule has 6 heteroatoms. The third kappa shape index (κ3) is 3.29. The zero-order valence-electron chi connectivity index (χ0n) is 9.68. The van der Waals surface area contributed by atoms with Crippen LogP contribution in [-0.2, 0) is 4.79 Å². The van der Waals surface area contributed by atoms with Crippen LogP contribution in [-0.4, -0.2) is 10.9 Å². The van der Waals surface area contributed by atoms with Crippen molar-refractivity contribution in [2.24, 2.45) is 0 Å². The Labute approximate surface area is 108 Å². The van der Waals surface area contributed by atoms with Crippen LogP contribution in [0, 0.1) is 10.1 Å². The molecule has 19 heavy (non-hydrogen) atoms. The van der Waals surface area contributed by atoms with E-state index in [0.717, 1.165) is 6.08 Å². The molecule has 1 aromatic carbocycles. The lowest BCUT2D eigenvalue weighted by molar-refractivity contribution is -0.385. The van der Waals surface area contributed by atoms with Crippen LogP contribution in [0.25, 0.3) is 6.08 Å². The van der Waals surface area contributed by atoms with E-state index in [2.05, 4.69) is 0 Å². The van der Waals surface area contributed by atoms with Crippen molar-refractivity contribution in [1.82, 2.24) is 0 Å². The van der Waals surface area contributed by atoms with Crippen molar-refractivity contribution in [2.75, 3.05) is 0 Å². The van der Waals surface area contributed by atoms with Gasteiger partial charge >= 0.3 is 11.7 Å². The fourth-order valence-corrected chi connectivity index (χ4v) is 1.37. The predicted molar refractivity (Wildman–Crippen MR) is 66.5 cm³/mol. The smallest absolute Gasteiger partial charge is 0.336 e. The van der Waals surface area contributed by atoms with E-state index in [4.69, 9.17) is 9.15 Å². The topological polar surface area (TPSA) is 82.6 Å². The summed E-state index contributed by atoms with van der Waals surface area (Å²) in [4.78, 5) is 21.6. The Kier molecular flexibility index (Phi) is 3.72. The van der Waals surface area contributed by atoms with Crippen molar-refractivity contribution in [2.45, 2.75) is 0 Å². The number of nitrogens with zero attached hydrogens (tertiary/aromatic N) is 1. The first-order valence-electron chi connectivity index (χ1n) is 5.33. The number of nitro benzene ring substituents is 1. The molecule has 0 aliphatic heterocycles. The normalized spacial score (nSPS) is 10.5. The number of nitro groups is 1. The van der Waals surface area contributed by atoms with E-state index in [1.54, 1.807) is 18.2 Å². The average Bonchev–Trinajstić information content (AvgIpc) is 2.90. The van der Waals surface area contributed by atoms with Gasteiger partial charge in [0.1, 0.15) is 5.76 Å². The van der Waals surface area contributed by atoms with Gasteiger partial charge in [0.25, 0.3) is 0 Å². The fourth-order valence-electron chi connectivity index (χ4n) is 1.37. The summed E-state index contributed by atoms with van der Waals surface area (Å²) in [6, 6.07) is 9.00. The Balaban J connectivity index is 2.09. The van der Waals surface area contributed by atoms with Crippen LogP contribution in [0.2, 0.25) is 0 Å². The Hall–Kier alpha value is -2.89. The van der Waals surface area contributed by atoms with Gasteiger partial charge in [0.05, 0.1) is 11.2 Å². The molecule has 0 bridgehead atoms. The molecule has 2 aromatic rings. The highest BCUT2D eigenvalue weighted by Gasteiger charge is 2.15. The van der Waals surface area contributed by atoms with Gasteiger partial charge in [-0.1, -0.05) is 12.1 Å². The average molecular weight is 259 g/mol. The van der Waals surface area contributed by atoms with E-state index in [9.17, 15) is 14.9 Å². The number of carbonyl (C=O) groups excluding carboxylic acids is 1. The maximum absolute atomic E-state index is 11.5. The van der Waals surface area contributed by atoms with Gasteiger partial charge in [0.15, 0.2) is 0 Å². The quantitative estimate of drug-likeness (QED) is 0.277. The molecule has 0 N–H and O–H groups in total. The molecule has 0 unspecified atom stereocenters.